The molecule has 1 fully saturated rings. The highest BCUT2D eigenvalue weighted by atomic mass is 32.2. The molecule has 0 aromatic heterocycles. The number of fused-ring (bicyclic) bond motifs is 1. The summed E-state index contributed by atoms with van der Waals surface area (Å²) in [6.45, 7) is 2.03. The van der Waals surface area contributed by atoms with E-state index in [1.54, 1.807) is 5.01 Å². The Bertz CT molecular complexity index is 472. The average molecular weight is 342 g/mol. The summed E-state index contributed by atoms with van der Waals surface area (Å²) in [5.41, 5.74) is 6.00. The maximum Gasteiger partial charge on any atom is 0.305 e. The van der Waals surface area contributed by atoms with Gasteiger partial charge >= 0.3 is 5.97 Å². The predicted molar refractivity (Wildman–Crippen MR) is 90.4 cm³/mol. The van der Waals surface area contributed by atoms with E-state index in [9.17, 15) is 9.59 Å². The van der Waals surface area contributed by atoms with E-state index < -0.39 is 0 Å². The maximum atomic E-state index is 11.7. The van der Waals surface area contributed by atoms with Gasteiger partial charge in [0.15, 0.2) is 0 Å². The minimum absolute atomic E-state index is 0.0621. The number of hydrazine groups is 1. The van der Waals surface area contributed by atoms with Gasteiger partial charge in [-0.25, -0.2) is 5.01 Å². The molecule has 0 spiro atoms. The lowest BCUT2D eigenvalue weighted by Crippen LogP contribution is -2.64. The van der Waals surface area contributed by atoms with Crippen LogP contribution in [-0.4, -0.2) is 40.6 Å². The zero-order chi connectivity index (χ0) is 16.7. The fourth-order valence-corrected chi connectivity index (χ4v) is 3.43. The summed E-state index contributed by atoms with van der Waals surface area (Å²) in [5, 5.41) is 6.56. The number of nitrogens with zero attached hydrogens (tertiary/aromatic N) is 2. The maximum absolute atomic E-state index is 11.7. The van der Waals surface area contributed by atoms with E-state index in [-0.39, 0.29) is 17.5 Å². The molecule has 0 bridgehead atoms. The van der Waals surface area contributed by atoms with Gasteiger partial charge in [-0.1, -0.05) is 37.4 Å². The summed E-state index contributed by atoms with van der Waals surface area (Å²) in [4.78, 5) is 22.7. The molecule has 0 aromatic rings. The van der Waals surface area contributed by atoms with Crippen molar-refractivity contribution in [2.75, 3.05) is 12.9 Å². The summed E-state index contributed by atoms with van der Waals surface area (Å²) in [6, 6.07) is 0. The Morgan fingerprint density at radius 2 is 2.00 bits per heavy atom. The van der Waals surface area contributed by atoms with Gasteiger partial charge in [-0.3, -0.25) is 15.0 Å². The minimum atomic E-state index is -0.366. The first-order valence-corrected chi connectivity index (χ1v) is 9.18. The number of carbonyl (C=O) groups excluding carboxylic acids is 2. The Balaban J connectivity index is 1.56. The standard InChI is InChI=1S/C15H26N4O3S/c1-15(17-16-14-19(18-15)12(20)11-23-14)10-8-6-4-3-5-7-9-13(21)22-2/h17-18H,3-11H2,1-2H3. The fourth-order valence-electron chi connectivity index (χ4n) is 2.67. The molecule has 130 valence electrons. The molecule has 1 saturated heterocycles. The van der Waals surface area contributed by atoms with Gasteiger partial charge in [0.1, 0.15) is 5.66 Å². The zero-order valence-corrected chi connectivity index (χ0v) is 14.7. The number of amidine groups is 1. The Hall–Kier alpha value is -1.28. The SMILES string of the molecule is COC(=O)CCCCCCCCC1(C)NN=C2SCC(=O)N2N1. The van der Waals surface area contributed by atoms with Crippen molar-refractivity contribution in [3.8, 4) is 0 Å². The van der Waals surface area contributed by atoms with E-state index in [1.807, 2.05) is 6.92 Å². The van der Waals surface area contributed by atoms with Crippen molar-refractivity contribution in [1.29, 1.82) is 0 Å². The van der Waals surface area contributed by atoms with Gasteiger partial charge in [-0.15, -0.1) is 0 Å². The number of hydrogen-bond acceptors (Lipinski definition) is 7. The van der Waals surface area contributed by atoms with Crippen molar-refractivity contribution in [2.45, 2.75) is 64.0 Å². The highest BCUT2D eigenvalue weighted by Gasteiger charge is 2.38. The first-order chi connectivity index (χ1) is 11.0. The lowest BCUT2D eigenvalue weighted by atomic mass is 10.0. The monoisotopic (exact) mass is 342 g/mol. The van der Waals surface area contributed by atoms with Crippen molar-refractivity contribution in [2.24, 2.45) is 5.10 Å². The van der Waals surface area contributed by atoms with E-state index in [0.29, 0.717) is 17.3 Å². The quantitative estimate of drug-likeness (QED) is 0.492. The van der Waals surface area contributed by atoms with Crippen molar-refractivity contribution >= 4 is 28.8 Å². The van der Waals surface area contributed by atoms with Crippen molar-refractivity contribution < 1.29 is 14.3 Å². The fraction of sp³-hybridized carbons (Fsp3) is 0.800. The number of methoxy groups -OCH3 is 1. The summed E-state index contributed by atoms with van der Waals surface area (Å²) >= 11 is 1.45. The van der Waals surface area contributed by atoms with E-state index in [4.69, 9.17) is 0 Å². The molecular weight excluding hydrogens is 316 g/mol. The van der Waals surface area contributed by atoms with Gasteiger partial charge in [-0.05, 0) is 26.2 Å². The molecule has 2 heterocycles. The van der Waals surface area contributed by atoms with Gasteiger partial charge in [0.25, 0.3) is 5.91 Å². The highest BCUT2D eigenvalue weighted by Crippen LogP contribution is 2.24. The molecule has 0 aliphatic carbocycles. The third-order valence-corrected chi connectivity index (χ3v) is 4.98. The molecule has 7 nitrogen and oxygen atoms in total. The first-order valence-electron chi connectivity index (χ1n) is 8.19. The van der Waals surface area contributed by atoms with Gasteiger partial charge in [0.05, 0.1) is 12.9 Å². The van der Waals surface area contributed by atoms with Crippen LogP contribution in [0.15, 0.2) is 5.10 Å². The molecule has 1 atom stereocenters. The number of hydrazone groups is 1. The molecule has 1 unspecified atom stereocenters. The number of esters is 1. The van der Waals surface area contributed by atoms with Crippen LogP contribution in [-0.2, 0) is 14.3 Å². The number of carbonyl (C=O) groups is 2. The normalized spacial score (nSPS) is 23.3. The molecule has 8 heteroatoms. The van der Waals surface area contributed by atoms with Crippen LogP contribution in [0.4, 0.5) is 0 Å². The molecule has 2 rings (SSSR count). The Labute approximate surface area is 141 Å². The van der Waals surface area contributed by atoms with Gasteiger partial charge in [-0.2, -0.15) is 10.5 Å². The van der Waals surface area contributed by atoms with Crippen molar-refractivity contribution in [1.82, 2.24) is 15.9 Å². The van der Waals surface area contributed by atoms with Crippen LogP contribution >= 0.6 is 11.8 Å². The number of amides is 1. The lowest BCUT2D eigenvalue weighted by molar-refractivity contribution is -0.140. The van der Waals surface area contributed by atoms with Crippen molar-refractivity contribution in [3.63, 3.8) is 0 Å². The third-order valence-electron chi connectivity index (χ3n) is 4.06. The van der Waals surface area contributed by atoms with Crippen LogP contribution < -0.4 is 10.9 Å². The topological polar surface area (TPSA) is 83.0 Å². The molecular formula is C15H26N4O3S. The molecule has 2 aliphatic rings. The summed E-state index contributed by atoms with van der Waals surface area (Å²) in [5.74, 6) is 0.392. The van der Waals surface area contributed by atoms with E-state index >= 15 is 0 Å². The molecule has 2 aliphatic heterocycles. The third kappa shape index (κ3) is 5.39. The summed E-state index contributed by atoms with van der Waals surface area (Å²) in [7, 11) is 1.43. The first kappa shape index (κ1) is 18.1. The number of hydrogen-bond donors (Lipinski definition) is 2. The largest absolute Gasteiger partial charge is 0.469 e. The number of unbranched alkanes of at least 4 members (excludes halogenated alkanes) is 5. The number of thioether (sulfide) groups is 1. The molecule has 0 saturated carbocycles. The number of rotatable bonds is 9. The molecule has 23 heavy (non-hydrogen) atoms. The Kier molecular flexibility index (Phi) is 6.71. The summed E-state index contributed by atoms with van der Waals surface area (Å²) in [6.07, 6.45) is 7.88. The van der Waals surface area contributed by atoms with Crippen LogP contribution in [0.5, 0.6) is 0 Å². The number of ether oxygens (including phenoxy) is 1. The van der Waals surface area contributed by atoms with Gasteiger partial charge < -0.3 is 4.74 Å². The van der Waals surface area contributed by atoms with E-state index in [0.717, 1.165) is 44.9 Å². The predicted octanol–water partition coefficient (Wildman–Crippen LogP) is 1.95. The smallest absolute Gasteiger partial charge is 0.305 e. The van der Waals surface area contributed by atoms with Crippen LogP contribution in [0.1, 0.15) is 58.3 Å². The number of nitrogens with one attached hydrogen (secondary N) is 2. The van der Waals surface area contributed by atoms with Crippen LogP contribution in [0.3, 0.4) is 0 Å². The molecule has 0 radical (unpaired) electrons. The molecule has 1 amide bonds. The van der Waals surface area contributed by atoms with E-state index in [1.165, 1.54) is 18.9 Å². The minimum Gasteiger partial charge on any atom is -0.469 e. The van der Waals surface area contributed by atoms with E-state index in [2.05, 4.69) is 20.7 Å². The van der Waals surface area contributed by atoms with Gasteiger partial charge in [0.2, 0.25) is 5.17 Å². The Morgan fingerprint density at radius 1 is 1.30 bits per heavy atom. The zero-order valence-electron chi connectivity index (χ0n) is 13.9. The summed E-state index contributed by atoms with van der Waals surface area (Å²) < 4.78 is 4.62. The average Bonchev–Trinajstić information content (AvgIpc) is 2.90. The molecule has 2 N–H and O–H groups in total. The second-order valence-corrected chi connectivity index (χ2v) is 7.11. The van der Waals surface area contributed by atoms with Crippen molar-refractivity contribution in [3.05, 3.63) is 0 Å². The van der Waals surface area contributed by atoms with Crippen LogP contribution in [0.2, 0.25) is 0 Å². The van der Waals surface area contributed by atoms with Crippen LogP contribution in [0.25, 0.3) is 0 Å². The lowest BCUT2D eigenvalue weighted by Gasteiger charge is -2.38. The highest BCUT2D eigenvalue weighted by molar-refractivity contribution is 8.15. The van der Waals surface area contributed by atoms with Crippen LogP contribution in [0, 0.1) is 0 Å². The second kappa shape index (κ2) is 8.54. The second-order valence-electron chi connectivity index (χ2n) is 6.17. The van der Waals surface area contributed by atoms with Gasteiger partial charge in [0, 0.05) is 6.42 Å². The molecule has 0 aromatic carbocycles. The Morgan fingerprint density at radius 3 is 2.74 bits per heavy atom.